The summed E-state index contributed by atoms with van der Waals surface area (Å²) in [5, 5.41) is 20.4. The van der Waals surface area contributed by atoms with Crippen LogP contribution in [0.5, 0.6) is 5.75 Å². The van der Waals surface area contributed by atoms with Crippen LogP contribution in [0.2, 0.25) is 0 Å². The normalized spacial score (nSPS) is 13.2. The minimum absolute atomic E-state index is 0.0654. The molecule has 1 unspecified atom stereocenters. The summed E-state index contributed by atoms with van der Waals surface area (Å²) < 4.78 is 45.2. The van der Waals surface area contributed by atoms with E-state index >= 15 is 0 Å². The van der Waals surface area contributed by atoms with E-state index in [1.807, 2.05) is 39.8 Å². The number of aryl methyl sites for hydroxylation is 2. The molecule has 2 atom stereocenters. The van der Waals surface area contributed by atoms with Crippen molar-refractivity contribution in [1.29, 1.82) is 0 Å². The summed E-state index contributed by atoms with van der Waals surface area (Å²) in [6, 6.07) is 15.5. The van der Waals surface area contributed by atoms with Gasteiger partial charge < -0.3 is 20.3 Å². The van der Waals surface area contributed by atoms with Gasteiger partial charge in [-0.05, 0) is 84.0 Å². The Balaban J connectivity index is 1.78. The van der Waals surface area contributed by atoms with Crippen LogP contribution in [-0.4, -0.2) is 34.7 Å². The van der Waals surface area contributed by atoms with Crippen LogP contribution in [0.1, 0.15) is 52.6 Å². The monoisotopic (exact) mass is 529 g/mol. The van der Waals surface area contributed by atoms with Crippen LogP contribution in [0.25, 0.3) is 11.1 Å². The zero-order valence-corrected chi connectivity index (χ0v) is 21.5. The number of carboxylic acid groups (broad SMARTS) is 1. The number of amides is 1. The van der Waals surface area contributed by atoms with Crippen molar-refractivity contribution >= 4 is 11.9 Å². The van der Waals surface area contributed by atoms with Crippen molar-refractivity contribution in [2.45, 2.75) is 46.1 Å². The first-order chi connectivity index (χ1) is 17.8. The van der Waals surface area contributed by atoms with E-state index in [4.69, 9.17) is 9.84 Å². The molecule has 3 aromatic carbocycles. The van der Waals surface area contributed by atoms with Gasteiger partial charge in [-0.2, -0.15) is 13.2 Å². The summed E-state index contributed by atoms with van der Waals surface area (Å²) in [5.74, 6) is -1.26. The molecular formula is C29H30F3NO5. The average Bonchev–Trinajstić information content (AvgIpc) is 2.85. The third-order valence-electron chi connectivity index (χ3n) is 6.12. The SMILES string of the molecule is Cc1cc(OC(c2ccc(C(=O)NC[C@@H](O)C(=O)O)cc2)C(C)C)cc(C)c1-c1ccc(C(F)(F)F)cc1. The molecule has 3 rings (SSSR count). The molecule has 9 heteroatoms. The Bertz CT molecular complexity index is 1260. The third kappa shape index (κ3) is 6.92. The van der Waals surface area contributed by atoms with E-state index in [0.29, 0.717) is 16.9 Å². The minimum Gasteiger partial charge on any atom is -0.485 e. The Labute approximate surface area is 219 Å². The van der Waals surface area contributed by atoms with E-state index in [1.54, 1.807) is 24.3 Å². The number of carbonyl (C=O) groups excluding carboxylic acids is 1. The van der Waals surface area contributed by atoms with Crippen LogP contribution in [0.4, 0.5) is 13.2 Å². The largest absolute Gasteiger partial charge is 0.485 e. The zero-order valence-electron chi connectivity index (χ0n) is 21.5. The van der Waals surface area contributed by atoms with E-state index in [0.717, 1.165) is 34.4 Å². The highest BCUT2D eigenvalue weighted by Crippen LogP contribution is 2.36. The van der Waals surface area contributed by atoms with Crippen LogP contribution in [0, 0.1) is 19.8 Å². The maximum absolute atomic E-state index is 12.9. The van der Waals surface area contributed by atoms with Crippen molar-refractivity contribution in [3.63, 3.8) is 0 Å². The summed E-state index contributed by atoms with van der Waals surface area (Å²) >= 11 is 0. The van der Waals surface area contributed by atoms with Gasteiger partial charge in [0.15, 0.2) is 6.10 Å². The Morgan fingerprint density at radius 3 is 1.97 bits per heavy atom. The topological polar surface area (TPSA) is 95.9 Å². The number of nitrogens with one attached hydrogen (secondary N) is 1. The van der Waals surface area contributed by atoms with E-state index in [2.05, 4.69) is 5.32 Å². The first-order valence-corrected chi connectivity index (χ1v) is 12.0. The fourth-order valence-electron chi connectivity index (χ4n) is 4.21. The Morgan fingerprint density at radius 2 is 1.50 bits per heavy atom. The molecule has 38 heavy (non-hydrogen) atoms. The molecule has 0 bridgehead atoms. The summed E-state index contributed by atoms with van der Waals surface area (Å²) in [4.78, 5) is 23.0. The number of alkyl halides is 3. The van der Waals surface area contributed by atoms with E-state index in [1.165, 1.54) is 12.1 Å². The Morgan fingerprint density at radius 1 is 0.947 bits per heavy atom. The Hall–Kier alpha value is -3.85. The van der Waals surface area contributed by atoms with Gasteiger partial charge in [0.25, 0.3) is 5.91 Å². The molecule has 0 aliphatic carbocycles. The van der Waals surface area contributed by atoms with Gasteiger partial charge in [-0.3, -0.25) is 4.79 Å². The number of hydrogen-bond donors (Lipinski definition) is 3. The number of carbonyl (C=O) groups is 2. The highest BCUT2D eigenvalue weighted by Gasteiger charge is 2.30. The second kappa shape index (κ2) is 11.7. The number of aliphatic hydroxyl groups is 1. The molecule has 0 saturated carbocycles. The number of halogens is 3. The van der Waals surface area contributed by atoms with Crippen LogP contribution in [0.3, 0.4) is 0 Å². The maximum atomic E-state index is 12.9. The zero-order chi connectivity index (χ0) is 28.2. The van der Waals surface area contributed by atoms with Gasteiger partial charge in [0.1, 0.15) is 11.9 Å². The second-order valence-electron chi connectivity index (χ2n) is 9.48. The minimum atomic E-state index is -4.39. The molecule has 0 heterocycles. The van der Waals surface area contributed by atoms with Crippen molar-refractivity contribution in [3.8, 4) is 16.9 Å². The molecule has 1 amide bonds. The molecule has 202 valence electrons. The fourth-order valence-corrected chi connectivity index (χ4v) is 4.21. The van der Waals surface area contributed by atoms with Gasteiger partial charge in [-0.15, -0.1) is 0 Å². The second-order valence-corrected chi connectivity index (χ2v) is 9.48. The molecule has 0 spiro atoms. The standard InChI is InChI=1S/C29H30F3NO5/c1-16(2)26(20-5-7-21(8-6-20)27(35)33-15-24(34)28(36)37)38-23-13-17(3)25(18(4)14-23)19-9-11-22(12-10-19)29(30,31)32/h5-14,16,24,26,34H,15H2,1-4H3,(H,33,35)(H,36,37)/t24-,26?/m1/s1. The number of aliphatic hydroxyl groups excluding tert-OH is 1. The number of rotatable bonds is 9. The predicted octanol–water partition coefficient (Wildman–Crippen LogP) is 5.94. The number of hydrogen-bond acceptors (Lipinski definition) is 4. The van der Waals surface area contributed by atoms with Gasteiger partial charge in [-0.25, -0.2) is 4.79 Å². The van der Waals surface area contributed by atoms with Crippen molar-refractivity contribution in [2.75, 3.05) is 6.54 Å². The summed E-state index contributed by atoms with van der Waals surface area (Å²) in [6.45, 7) is 7.34. The smallest absolute Gasteiger partial charge is 0.416 e. The molecule has 0 saturated heterocycles. The third-order valence-corrected chi connectivity index (χ3v) is 6.12. The lowest BCUT2D eigenvalue weighted by molar-refractivity contribution is -0.146. The maximum Gasteiger partial charge on any atom is 0.416 e. The van der Waals surface area contributed by atoms with Gasteiger partial charge in [0, 0.05) is 5.56 Å². The molecular weight excluding hydrogens is 499 g/mol. The quantitative estimate of drug-likeness (QED) is 0.319. The summed E-state index contributed by atoms with van der Waals surface area (Å²) in [7, 11) is 0. The van der Waals surface area contributed by atoms with Crippen molar-refractivity contribution in [2.24, 2.45) is 5.92 Å². The van der Waals surface area contributed by atoms with E-state index < -0.39 is 36.3 Å². The molecule has 3 N–H and O–H groups in total. The van der Waals surface area contributed by atoms with Crippen molar-refractivity contribution < 1.29 is 37.7 Å². The van der Waals surface area contributed by atoms with Crippen molar-refractivity contribution in [1.82, 2.24) is 5.32 Å². The molecule has 0 radical (unpaired) electrons. The van der Waals surface area contributed by atoms with E-state index in [-0.39, 0.29) is 12.0 Å². The molecule has 6 nitrogen and oxygen atoms in total. The number of benzene rings is 3. The molecule has 0 aliphatic heterocycles. The highest BCUT2D eigenvalue weighted by molar-refractivity contribution is 5.94. The Kier molecular flexibility index (Phi) is 8.83. The number of aliphatic carboxylic acids is 1. The molecule has 0 aromatic heterocycles. The number of carboxylic acids is 1. The first kappa shape index (κ1) is 28.7. The predicted molar refractivity (Wildman–Crippen MR) is 137 cm³/mol. The lowest BCUT2D eigenvalue weighted by Crippen LogP contribution is -2.36. The lowest BCUT2D eigenvalue weighted by atomic mass is 9.94. The van der Waals surface area contributed by atoms with Gasteiger partial charge in [0.2, 0.25) is 0 Å². The van der Waals surface area contributed by atoms with Crippen molar-refractivity contribution in [3.05, 3.63) is 88.5 Å². The number of ether oxygens (including phenoxy) is 1. The first-order valence-electron chi connectivity index (χ1n) is 12.0. The van der Waals surface area contributed by atoms with Gasteiger partial charge >= 0.3 is 12.1 Å². The van der Waals surface area contributed by atoms with Crippen LogP contribution in [-0.2, 0) is 11.0 Å². The average molecular weight is 530 g/mol. The van der Waals surface area contributed by atoms with Gasteiger partial charge in [-0.1, -0.05) is 38.1 Å². The molecule has 0 aliphatic rings. The van der Waals surface area contributed by atoms with Crippen LogP contribution < -0.4 is 10.1 Å². The highest BCUT2D eigenvalue weighted by atomic mass is 19.4. The van der Waals surface area contributed by atoms with E-state index in [9.17, 15) is 27.9 Å². The molecule has 3 aromatic rings. The van der Waals surface area contributed by atoms with Gasteiger partial charge in [0.05, 0.1) is 12.1 Å². The summed E-state index contributed by atoms with van der Waals surface area (Å²) in [6.07, 6.45) is -6.43. The van der Waals surface area contributed by atoms with Crippen LogP contribution >= 0.6 is 0 Å². The fraction of sp³-hybridized carbons (Fsp3) is 0.310. The summed E-state index contributed by atoms with van der Waals surface area (Å²) in [5.41, 5.74) is 3.68. The van der Waals surface area contributed by atoms with Crippen LogP contribution in [0.15, 0.2) is 60.7 Å². The lowest BCUT2D eigenvalue weighted by Gasteiger charge is -2.24. The molecule has 0 fully saturated rings.